The molecule has 0 saturated carbocycles. The lowest BCUT2D eigenvalue weighted by atomic mass is 9.85. The van der Waals surface area contributed by atoms with Gasteiger partial charge >= 0.3 is 12.1 Å². The van der Waals surface area contributed by atoms with E-state index in [2.05, 4.69) is 0 Å². The summed E-state index contributed by atoms with van der Waals surface area (Å²) in [5.74, 6) is -0.166. The van der Waals surface area contributed by atoms with Crippen molar-refractivity contribution in [3.63, 3.8) is 0 Å². The summed E-state index contributed by atoms with van der Waals surface area (Å²) in [5.41, 5.74) is 2.05. The molecule has 0 aliphatic carbocycles. The number of esters is 1. The molecule has 166 valence electrons. The van der Waals surface area contributed by atoms with Crippen LogP contribution in [0.15, 0.2) is 30.3 Å². The van der Waals surface area contributed by atoms with E-state index in [1.165, 1.54) is 45.5 Å². The summed E-state index contributed by atoms with van der Waals surface area (Å²) in [7, 11) is 5.36. The van der Waals surface area contributed by atoms with Crippen LogP contribution in [-0.2, 0) is 27.1 Å². The number of carbonyl (C=O) groups excluding carboxylic acids is 2. The molecule has 1 amide bonds. The summed E-state index contributed by atoms with van der Waals surface area (Å²) < 4.78 is 20.2. The molecule has 2 aromatic carbocycles. The highest BCUT2D eigenvalue weighted by Gasteiger charge is 2.43. The predicted molar refractivity (Wildman–Crippen MR) is 110 cm³/mol. The van der Waals surface area contributed by atoms with E-state index in [1.54, 1.807) is 18.2 Å². The van der Waals surface area contributed by atoms with Gasteiger partial charge in [-0.05, 0) is 47.4 Å². The van der Waals surface area contributed by atoms with Crippen LogP contribution in [0.5, 0.6) is 23.0 Å². The second-order valence-electron chi connectivity index (χ2n) is 7.07. The van der Waals surface area contributed by atoms with Gasteiger partial charge in [-0.1, -0.05) is 6.07 Å². The molecular weight excluding hydrogens is 406 g/mol. The highest BCUT2D eigenvalue weighted by atomic mass is 16.5. The van der Waals surface area contributed by atoms with Gasteiger partial charge in [0.05, 0.1) is 34.5 Å². The minimum absolute atomic E-state index is 0.0530. The number of hydrogen-bond donors (Lipinski definition) is 2. The Kier molecular flexibility index (Phi) is 6.43. The second-order valence-corrected chi connectivity index (χ2v) is 7.07. The number of fused-ring (bicyclic) bond motifs is 1. The van der Waals surface area contributed by atoms with Crippen molar-refractivity contribution < 1.29 is 38.7 Å². The second kappa shape index (κ2) is 9.03. The topological polar surface area (TPSA) is 115 Å². The first-order valence-electron chi connectivity index (χ1n) is 9.54. The maximum atomic E-state index is 12.7. The molecule has 2 N–H and O–H groups in total. The molecule has 0 spiro atoms. The highest BCUT2D eigenvalue weighted by molar-refractivity contribution is 5.83. The van der Waals surface area contributed by atoms with Gasteiger partial charge in [0.15, 0.2) is 23.0 Å². The van der Waals surface area contributed by atoms with Gasteiger partial charge in [0.25, 0.3) is 0 Å². The van der Waals surface area contributed by atoms with Crippen molar-refractivity contribution in [1.82, 2.24) is 4.90 Å². The first-order valence-corrected chi connectivity index (χ1v) is 9.54. The number of nitrogens with zero attached hydrogens (tertiary/aromatic N) is 1. The molecule has 1 unspecified atom stereocenters. The van der Waals surface area contributed by atoms with Crippen molar-refractivity contribution in [2.75, 3.05) is 28.4 Å². The molecule has 2 aromatic rings. The quantitative estimate of drug-likeness (QED) is 0.695. The first-order chi connectivity index (χ1) is 14.8. The minimum Gasteiger partial charge on any atom is -0.504 e. The summed E-state index contributed by atoms with van der Waals surface area (Å²) in [6.07, 6.45) is -0.309. The van der Waals surface area contributed by atoms with Crippen LogP contribution in [0.4, 0.5) is 4.79 Å². The zero-order chi connectivity index (χ0) is 22.7. The van der Waals surface area contributed by atoms with Crippen molar-refractivity contribution in [3.8, 4) is 23.0 Å². The highest BCUT2D eigenvalue weighted by Crippen LogP contribution is 2.42. The van der Waals surface area contributed by atoms with Crippen molar-refractivity contribution in [1.29, 1.82) is 0 Å². The monoisotopic (exact) mass is 431 g/mol. The van der Waals surface area contributed by atoms with Gasteiger partial charge in [-0.15, -0.1) is 0 Å². The molecule has 1 aliphatic rings. The normalized spacial score (nSPS) is 17.5. The molecular formula is C22H25NO8. The van der Waals surface area contributed by atoms with Crippen molar-refractivity contribution >= 4 is 12.1 Å². The molecule has 9 heteroatoms. The van der Waals surface area contributed by atoms with E-state index < -0.39 is 24.1 Å². The third kappa shape index (κ3) is 4.16. The number of aromatic hydroxyl groups is 2. The van der Waals surface area contributed by atoms with Gasteiger partial charge in [0.2, 0.25) is 0 Å². The van der Waals surface area contributed by atoms with E-state index in [-0.39, 0.29) is 30.1 Å². The van der Waals surface area contributed by atoms with Crippen molar-refractivity contribution in [3.05, 3.63) is 47.0 Å². The van der Waals surface area contributed by atoms with E-state index in [0.717, 1.165) is 5.56 Å². The standard InChI is InChI=1S/C22H25NO8/c1-28-19-6-5-12(8-17(19)24)7-15-14-11-18(25)20(29-2)10-13(14)9-16(21(26)30-3)23(15)22(27)31-4/h5-6,8,10-11,15-16,24-25H,7,9H2,1-4H3/t15-,16?/m1/s1. The number of rotatable bonds is 5. The van der Waals surface area contributed by atoms with Gasteiger partial charge in [-0.3, -0.25) is 4.90 Å². The smallest absolute Gasteiger partial charge is 0.410 e. The summed E-state index contributed by atoms with van der Waals surface area (Å²) in [6.45, 7) is 0. The Morgan fingerprint density at radius 2 is 1.65 bits per heavy atom. The molecule has 0 saturated heterocycles. The molecule has 31 heavy (non-hydrogen) atoms. The average molecular weight is 431 g/mol. The number of phenols is 2. The fraction of sp³-hybridized carbons (Fsp3) is 0.364. The number of benzene rings is 2. The summed E-state index contributed by atoms with van der Waals surface area (Å²) >= 11 is 0. The van der Waals surface area contributed by atoms with Gasteiger partial charge < -0.3 is 29.2 Å². The van der Waals surface area contributed by atoms with E-state index in [4.69, 9.17) is 18.9 Å². The molecule has 1 aliphatic heterocycles. The van der Waals surface area contributed by atoms with Gasteiger partial charge in [0.1, 0.15) is 6.04 Å². The number of phenolic OH excluding ortho intramolecular Hbond substituents is 2. The number of hydrogen-bond acceptors (Lipinski definition) is 8. The third-order valence-corrected chi connectivity index (χ3v) is 5.42. The summed E-state index contributed by atoms with van der Waals surface area (Å²) in [4.78, 5) is 26.6. The van der Waals surface area contributed by atoms with Crippen LogP contribution < -0.4 is 9.47 Å². The largest absolute Gasteiger partial charge is 0.504 e. The molecule has 9 nitrogen and oxygen atoms in total. The van der Waals surface area contributed by atoms with Crippen LogP contribution >= 0.6 is 0 Å². The lowest BCUT2D eigenvalue weighted by molar-refractivity contribution is -0.147. The van der Waals surface area contributed by atoms with Gasteiger partial charge in [-0.25, -0.2) is 9.59 Å². The van der Waals surface area contributed by atoms with E-state index in [9.17, 15) is 19.8 Å². The zero-order valence-electron chi connectivity index (χ0n) is 17.7. The van der Waals surface area contributed by atoms with Crippen LogP contribution in [0.25, 0.3) is 0 Å². The summed E-state index contributed by atoms with van der Waals surface area (Å²) in [5, 5.41) is 20.5. The molecule has 0 aromatic heterocycles. The van der Waals surface area contributed by atoms with Crippen LogP contribution in [0.2, 0.25) is 0 Å². The van der Waals surface area contributed by atoms with Crippen LogP contribution in [0.3, 0.4) is 0 Å². The average Bonchev–Trinajstić information content (AvgIpc) is 2.77. The lowest BCUT2D eigenvalue weighted by Gasteiger charge is -2.41. The molecule has 2 atom stereocenters. The predicted octanol–water partition coefficient (Wildman–Crippen LogP) is 2.56. The molecule has 0 fully saturated rings. The minimum atomic E-state index is -0.934. The lowest BCUT2D eigenvalue weighted by Crippen LogP contribution is -2.52. The Balaban J connectivity index is 2.14. The van der Waals surface area contributed by atoms with E-state index >= 15 is 0 Å². The number of methoxy groups -OCH3 is 4. The Bertz CT molecular complexity index is 990. The number of ether oxygens (including phenoxy) is 4. The fourth-order valence-electron chi connectivity index (χ4n) is 3.94. The zero-order valence-corrected chi connectivity index (χ0v) is 17.7. The van der Waals surface area contributed by atoms with Crippen LogP contribution in [-0.4, -0.2) is 61.7 Å². The third-order valence-electron chi connectivity index (χ3n) is 5.42. The van der Waals surface area contributed by atoms with Gasteiger partial charge in [0, 0.05) is 6.42 Å². The molecule has 0 bridgehead atoms. The Labute approximate surface area is 179 Å². The molecule has 3 rings (SSSR count). The molecule has 1 heterocycles. The number of amides is 1. The Morgan fingerprint density at radius 3 is 2.23 bits per heavy atom. The number of carbonyl (C=O) groups is 2. The van der Waals surface area contributed by atoms with E-state index in [0.29, 0.717) is 16.9 Å². The van der Waals surface area contributed by atoms with Crippen molar-refractivity contribution in [2.45, 2.75) is 24.9 Å². The SMILES string of the molecule is COC(=O)C1Cc2cc(OC)c(O)cc2[C@@H](Cc2ccc(OC)c(O)c2)N1C(=O)OC. The van der Waals surface area contributed by atoms with Crippen LogP contribution in [0.1, 0.15) is 22.7 Å². The van der Waals surface area contributed by atoms with Crippen LogP contribution in [0, 0.1) is 0 Å². The van der Waals surface area contributed by atoms with Gasteiger partial charge in [-0.2, -0.15) is 0 Å². The maximum absolute atomic E-state index is 12.7. The van der Waals surface area contributed by atoms with E-state index in [1.807, 2.05) is 0 Å². The fourth-order valence-corrected chi connectivity index (χ4v) is 3.94. The first kappa shape index (κ1) is 22.1. The molecule has 0 radical (unpaired) electrons. The van der Waals surface area contributed by atoms with Crippen molar-refractivity contribution in [2.24, 2.45) is 0 Å². The Hall–Kier alpha value is -3.62. The maximum Gasteiger partial charge on any atom is 0.410 e. The summed E-state index contributed by atoms with van der Waals surface area (Å²) in [6, 6.07) is 6.44. The Morgan fingerprint density at radius 1 is 0.968 bits per heavy atom.